The number of aromatic nitrogens is 1. The lowest BCUT2D eigenvalue weighted by atomic mass is 10.1. The monoisotopic (exact) mass is 668 g/mol. The number of nitrogen functional groups attached to an aromatic ring is 2. The molecule has 1 heterocycles. The van der Waals surface area contributed by atoms with Gasteiger partial charge in [-0.3, -0.25) is 0 Å². The molecule has 0 fully saturated rings. The molecule has 0 amide bonds. The Morgan fingerprint density at radius 2 is 1.04 bits per heavy atom. The normalized spacial score (nSPS) is 10.6. The maximum Gasteiger partial charge on any atom is 0.201 e. The lowest BCUT2D eigenvalue weighted by molar-refractivity contribution is 0.811. The van der Waals surface area contributed by atoms with Gasteiger partial charge in [-0.1, -0.05) is 27.7 Å². The van der Waals surface area contributed by atoms with Gasteiger partial charge in [-0.2, -0.15) is 0 Å². The van der Waals surface area contributed by atoms with Crippen molar-refractivity contribution in [2.45, 2.75) is 53.4 Å². The Labute approximate surface area is 293 Å². The summed E-state index contributed by atoms with van der Waals surface area (Å²) in [6.07, 6.45) is 3.99. The molecule has 1 aliphatic carbocycles. The largest absolute Gasteiger partial charge is 0.399 e. The number of nitrogens with zero attached hydrogens (tertiary/aromatic N) is 5. The van der Waals surface area contributed by atoms with Crippen molar-refractivity contribution in [2.24, 2.45) is 0 Å². The Bertz CT molecular complexity index is 1790. The van der Waals surface area contributed by atoms with Crippen molar-refractivity contribution in [1.29, 1.82) is 0 Å². The SMILES string of the molecule is CCc1cc(=[N+](C)C)cc2sc3cc(N(C)C)cc(CC)c3nc1-2.CCc1cc(N(C)C)ccc1N.CCc1cc(N(C)C)ccc1N. The van der Waals surface area contributed by atoms with Crippen LogP contribution in [0.25, 0.3) is 20.8 Å². The molecule has 4 N–H and O–H groups in total. The van der Waals surface area contributed by atoms with E-state index in [2.05, 4.69) is 112 Å². The standard InChI is InChI=1S/C20H26N3S.2C10H16N2/c1-7-13-9-15(22(3)4)11-17-19(13)21-20-14(8-2)10-16(23(5)6)12-18(20)24-17;2*1-4-8-7-9(12(2)3)5-6-10(8)11/h9-12H,7-8H2,1-6H3;2*5-7H,4,11H2,1-3H3/q+1;;. The van der Waals surface area contributed by atoms with Crippen LogP contribution in [0.4, 0.5) is 28.4 Å². The van der Waals surface area contributed by atoms with Gasteiger partial charge in [-0.05, 0) is 96.5 Å². The quantitative estimate of drug-likeness (QED) is 0.107. The lowest BCUT2D eigenvalue weighted by Gasteiger charge is -2.17. The summed E-state index contributed by atoms with van der Waals surface area (Å²) < 4.78 is 3.44. The van der Waals surface area contributed by atoms with E-state index in [1.807, 2.05) is 63.8 Å². The Morgan fingerprint density at radius 3 is 1.46 bits per heavy atom. The van der Waals surface area contributed by atoms with E-state index in [1.54, 1.807) is 0 Å². The average Bonchev–Trinajstić information content (AvgIpc) is 3.06. The minimum Gasteiger partial charge on any atom is -0.399 e. The second-order valence-corrected chi connectivity index (χ2v) is 14.0. The van der Waals surface area contributed by atoms with E-state index in [1.165, 1.54) is 54.3 Å². The average molecular weight is 669 g/mol. The summed E-state index contributed by atoms with van der Waals surface area (Å²) in [5.74, 6) is 0. The zero-order valence-electron chi connectivity index (χ0n) is 31.4. The highest BCUT2D eigenvalue weighted by molar-refractivity contribution is 7.21. The second-order valence-electron chi connectivity index (χ2n) is 12.9. The van der Waals surface area contributed by atoms with Crippen molar-refractivity contribution < 1.29 is 0 Å². The molecule has 0 atom stereocenters. The summed E-state index contributed by atoms with van der Waals surface area (Å²) in [6.45, 7) is 8.65. The number of rotatable bonds is 7. The number of anilines is 5. The Kier molecular flexibility index (Phi) is 13.7. The van der Waals surface area contributed by atoms with E-state index >= 15 is 0 Å². The summed E-state index contributed by atoms with van der Waals surface area (Å²) in [5, 5.41) is 1.25. The smallest absolute Gasteiger partial charge is 0.201 e. The van der Waals surface area contributed by atoms with Crippen molar-refractivity contribution in [1.82, 2.24) is 9.56 Å². The van der Waals surface area contributed by atoms with Crippen LogP contribution in [-0.2, 0) is 25.7 Å². The van der Waals surface area contributed by atoms with Crippen LogP contribution in [0.5, 0.6) is 0 Å². The van der Waals surface area contributed by atoms with Crippen molar-refractivity contribution in [3.05, 3.63) is 88.3 Å². The van der Waals surface area contributed by atoms with Gasteiger partial charge in [0.1, 0.15) is 14.1 Å². The number of benzene rings is 4. The van der Waals surface area contributed by atoms with Crippen LogP contribution in [-0.4, -0.2) is 61.4 Å². The first-order valence-corrected chi connectivity index (χ1v) is 17.7. The minimum atomic E-state index is 0.892. The zero-order chi connectivity index (χ0) is 35.7. The number of nitrogens with two attached hydrogens (primary N) is 2. The van der Waals surface area contributed by atoms with E-state index < -0.39 is 0 Å². The molecule has 258 valence electrons. The fraction of sp³-hybridized carbons (Fsp3) is 0.400. The molecule has 0 spiro atoms. The van der Waals surface area contributed by atoms with Gasteiger partial charge in [0, 0.05) is 82.9 Å². The minimum absolute atomic E-state index is 0.892. The van der Waals surface area contributed by atoms with E-state index in [-0.39, 0.29) is 0 Å². The fourth-order valence-electron chi connectivity index (χ4n) is 5.35. The molecular formula is C40H58N7S+. The Morgan fingerprint density at radius 1 is 0.583 bits per heavy atom. The molecule has 7 nitrogen and oxygen atoms in total. The van der Waals surface area contributed by atoms with Crippen molar-refractivity contribution in [2.75, 3.05) is 82.5 Å². The summed E-state index contributed by atoms with van der Waals surface area (Å²) in [4.78, 5) is 12.7. The maximum atomic E-state index is 5.78. The van der Waals surface area contributed by atoms with E-state index in [0.717, 1.165) is 48.3 Å². The highest BCUT2D eigenvalue weighted by atomic mass is 32.1. The molecule has 3 aromatic rings. The fourth-order valence-corrected chi connectivity index (χ4v) is 6.49. The molecule has 5 rings (SSSR count). The molecule has 0 unspecified atom stereocenters. The molecule has 1 aliphatic heterocycles. The van der Waals surface area contributed by atoms with Crippen molar-refractivity contribution in [3.63, 3.8) is 0 Å². The summed E-state index contributed by atoms with van der Waals surface area (Å²) in [5.41, 5.74) is 24.4. The molecule has 0 bridgehead atoms. The first kappa shape index (κ1) is 38.2. The predicted molar refractivity (Wildman–Crippen MR) is 216 cm³/mol. The third kappa shape index (κ3) is 9.41. The lowest BCUT2D eigenvalue weighted by Crippen LogP contribution is -2.22. The molecule has 3 aromatic carbocycles. The second kappa shape index (κ2) is 17.2. The molecule has 48 heavy (non-hydrogen) atoms. The van der Waals surface area contributed by atoms with Gasteiger partial charge in [-0.25, -0.2) is 9.56 Å². The molecule has 0 saturated heterocycles. The van der Waals surface area contributed by atoms with Gasteiger partial charge in [-0.15, -0.1) is 11.3 Å². The van der Waals surface area contributed by atoms with Crippen LogP contribution < -0.4 is 36.1 Å². The highest BCUT2D eigenvalue weighted by Gasteiger charge is 2.16. The zero-order valence-corrected chi connectivity index (χ0v) is 32.2. The van der Waals surface area contributed by atoms with Gasteiger partial charge in [0.2, 0.25) is 5.36 Å². The number of aryl methyl sites for hydroxylation is 4. The Balaban J connectivity index is 0.000000219. The molecule has 0 saturated carbocycles. The van der Waals surface area contributed by atoms with E-state index in [0.29, 0.717) is 0 Å². The van der Waals surface area contributed by atoms with Gasteiger partial charge in [0.05, 0.1) is 20.8 Å². The molecule has 2 aliphatic rings. The first-order chi connectivity index (χ1) is 22.7. The van der Waals surface area contributed by atoms with E-state index in [9.17, 15) is 0 Å². The van der Waals surface area contributed by atoms with Crippen LogP contribution in [0, 0.1) is 0 Å². The third-order valence-electron chi connectivity index (χ3n) is 8.56. The predicted octanol–water partition coefficient (Wildman–Crippen LogP) is 7.42. The first-order valence-electron chi connectivity index (χ1n) is 16.9. The van der Waals surface area contributed by atoms with Crippen LogP contribution in [0.15, 0.2) is 60.7 Å². The van der Waals surface area contributed by atoms with Crippen LogP contribution in [0.1, 0.15) is 49.9 Å². The van der Waals surface area contributed by atoms with Gasteiger partial charge >= 0.3 is 0 Å². The van der Waals surface area contributed by atoms with Gasteiger partial charge in [0.15, 0.2) is 0 Å². The van der Waals surface area contributed by atoms with Crippen molar-refractivity contribution in [3.8, 4) is 10.6 Å². The summed E-state index contributed by atoms with van der Waals surface area (Å²) in [7, 11) is 16.5. The van der Waals surface area contributed by atoms with Gasteiger partial charge in [0.25, 0.3) is 0 Å². The number of hydrogen-bond acceptors (Lipinski definition) is 7. The molecule has 0 aromatic heterocycles. The van der Waals surface area contributed by atoms with Crippen LogP contribution in [0.3, 0.4) is 0 Å². The maximum absolute atomic E-state index is 5.78. The van der Waals surface area contributed by atoms with E-state index in [4.69, 9.17) is 16.5 Å². The third-order valence-corrected chi connectivity index (χ3v) is 9.63. The summed E-state index contributed by atoms with van der Waals surface area (Å²) >= 11 is 1.86. The molecular weight excluding hydrogens is 611 g/mol. The topological polar surface area (TPSA) is 77.7 Å². The molecule has 8 heteroatoms. The van der Waals surface area contributed by atoms with Crippen LogP contribution >= 0.6 is 11.3 Å². The highest BCUT2D eigenvalue weighted by Crippen LogP contribution is 2.35. The number of fused-ring (bicyclic) bond motifs is 2. The van der Waals surface area contributed by atoms with Gasteiger partial charge < -0.3 is 26.2 Å². The van der Waals surface area contributed by atoms with Crippen LogP contribution in [0.2, 0.25) is 0 Å². The molecule has 0 radical (unpaired) electrons. The summed E-state index contributed by atoms with van der Waals surface area (Å²) in [6, 6.07) is 21.3. The van der Waals surface area contributed by atoms with Crippen molar-refractivity contribution >= 4 is 50.0 Å². The number of hydrogen-bond donors (Lipinski definition) is 2. The Hall–Kier alpha value is -4.30.